The molecule has 0 amide bonds. The fraction of sp³-hybridized carbons (Fsp3) is 0.222. The number of hydrogen-bond donors (Lipinski definition) is 0. The van der Waals surface area contributed by atoms with Gasteiger partial charge in [-0.2, -0.15) is 0 Å². The lowest BCUT2D eigenvalue weighted by Gasteiger charge is -2.13. The maximum atomic E-state index is 11.0. The highest BCUT2D eigenvalue weighted by molar-refractivity contribution is 5.93. The van der Waals surface area contributed by atoms with Gasteiger partial charge < -0.3 is 0 Å². The van der Waals surface area contributed by atoms with E-state index >= 15 is 0 Å². The minimum absolute atomic E-state index is 0.121. The molecule has 0 heterocycles. The van der Waals surface area contributed by atoms with Crippen LogP contribution in [-0.4, -0.2) is 11.6 Å². The standard InChI is InChI=1S/C10H10O.C8H8O/c11-10-6-5-8-3-1-2-4-9(8)7-10;1-7(9)8-5-3-2-4-6-8/h1-4H,5-7H2;2-6H,1H3. The molecule has 2 aromatic carbocycles. The number of Topliss-reactive ketones (excluding diaryl/α,β-unsaturated/α-hetero) is 2. The van der Waals surface area contributed by atoms with Crippen LogP contribution in [0.2, 0.25) is 0 Å². The van der Waals surface area contributed by atoms with E-state index in [4.69, 9.17) is 0 Å². The van der Waals surface area contributed by atoms with Crippen molar-refractivity contribution in [3.8, 4) is 0 Å². The molecular weight excluding hydrogens is 248 g/mol. The molecule has 20 heavy (non-hydrogen) atoms. The van der Waals surface area contributed by atoms with Gasteiger partial charge in [0.25, 0.3) is 0 Å². The minimum Gasteiger partial charge on any atom is -0.299 e. The lowest BCUT2D eigenvalue weighted by molar-refractivity contribution is -0.118. The van der Waals surface area contributed by atoms with Gasteiger partial charge in [0.1, 0.15) is 5.78 Å². The van der Waals surface area contributed by atoms with Crippen molar-refractivity contribution in [3.05, 3.63) is 71.3 Å². The van der Waals surface area contributed by atoms with Gasteiger partial charge in [0.15, 0.2) is 5.78 Å². The normalized spacial score (nSPS) is 12.9. The van der Waals surface area contributed by atoms with Crippen molar-refractivity contribution < 1.29 is 9.59 Å². The summed E-state index contributed by atoms with van der Waals surface area (Å²) in [7, 11) is 0. The lowest BCUT2D eigenvalue weighted by atomic mass is 9.91. The molecule has 0 saturated carbocycles. The van der Waals surface area contributed by atoms with E-state index in [1.807, 2.05) is 48.5 Å². The molecule has 0 N–H and O–H groups in total. The zero-order valence-electron chi connectivity index (χ0n) is 11.6. The zero-order chi connectivity index (χ0) is 14.4. The molecule has 0 bridgehead atoms. The highest BCUT2D eigenvalue weighted by Crippen LogP contribution is 2.17. The molecule has 1 aliphatic carbocycles. The van der Waals surface area contributed by atoms with E-state index in [2.05, 4.69) is 6.07 Å². The molecule has 0 radical (unpaired) electrons. The predicted octanol–water partition coefficient (Wildman–Crippen LogP) is 3.63. The van der Waals surface area contributed by atoms with E-state index in [-0.39, 0.29) is 5.78 Å². The molecule has 0 aromatic heterocycles. The van der Waals surface area contributed by atoms with E-state index in [9.17, 15) is 9.59 Å². The minimum atomic E-state index is 0.121. The average Bonchev–Trinajstić information content (AvgIpc) is 2.48. The third kappa shape index (κ3) is 3.89. The first-order chi connectivity index (χ1) is 9.66. The van der Waals surface area contributed by atoms with Crippen LogP contribution in [0.25, 0.3) is 0 Å². The maximum Gasteiger partial charge on any atom is 0.159 e. The SMILES string of the molecule is CC(=O)c1ccccc1.O=C1CCc2ccccc2C1. The molecule has 0 saturated heterocycles. The van der Waals surface area contributed by atoms with Gasteiger partial charge >= 0.3 is 0 Å². The van der Waals surface area contributed by atoms with E-state index in [1.165, 1.54) is 11.1 Å². The smallest absolute Gasteiger partial charge is 0.159 e. The Morgan fingerprint density at radius 1 is 0.850 bits per heavy atom. The average molecular weight is 266 g/mol. The first-order valence-corrected chi connectivity index (χ1v) is 6.81. The van der Waals surface area contributed by atoms with Gasteiger partial charge in [-0.05, 0) is 24.5 Å². The van der Waals surface area contributed by atoms with Crippen molar-refractivity contribution in [2.45, 2.75) is 26.2 Å². The van der Waals surface area contributed by atoms with Crippen LogP contribution in [0.4, 0.5) is 0 Å². The number of hydrogen-bond acceptors (Lipinski definition) is 2. The Bertz CT molecular complexity index is 600. The Labute approximate surface area is 119 Å². The third-order valence-corrected chi connectivity index (χ3v) is 3.36. The van der Waals surface area contributed by atoms with Gasteiger partial charge in [-0.3, -0.25) is 9.59 Å². The van der Waals surface area contributed by atoms with Gasteiger partial charge in [-0.25, -0.2) is 0 Å². The third-order valence-electron chi connectivity index (χ3n) is 3.36. The summed E-state index contributed by atoms with van der Waals surface area (Å²) < 4.78 is 0. The summed E-state index contributed by atoms with van der Waals surface area (Å²) in [5.41, 5.74) is 3.35. The number of carbonyl (C=O) groups excluding carboxylic acids is 2. The second kappa shape index (κ2) is 6.80. The molecule has 0 spiro atoms. The molecule has 2 heteroatoms. The van der Waals surface area contributed by atoms with Crippen molar-refractivity contribution in [3.63, 3.8) is 0 Å². The van der Waals surface area contributed by atoms with E-state index < -0.39 is 0 Å². The largest absolute Gasteiger partial charge is 0.299 e. The van der Waals surface area contributed by atoms with Crippen LogP contribution < -0.4 is 0 Å². The number of benzene rings is 2. The van der Waals surface area contributed by atoms with Gasteiger partial charge in [0.05, 0.1) is 0 Å². The first kappa shape index (κ1) is 14.2. The molecule has 2 nitrogen and oxygen atoms in total. The number of carbonyl (C=O) groups is 2. The first-order valence-electron chi connectivity index (χ1n) is 6.81. The summed E-state index contributed by atoms with van der Waals surface area (Å²) >= 11 is 0. The summed E-state index contributed by atoms with van der Waals surface area (Å²) in [6, 6.07) is 17.4. The quantitative estimate of drug-likeness (QED) is 0.739. The highest BCUT2D eigenvalue weighted by atomic mass is 16.1. The van der Waals surface area contributed by atoms with Crippen molar-refractivity contribution in [2.24, 2.45) is 0 Å². The molecule has 0 unspecified atom stereocenters. The second-order valence-electron chi connectivity index (χ2n) is 4.91. The van der Waals surface area contributed by atoms with Gasteiger partial charge in [0.2, 0.25) is 0 Å². The molecule has 0 atom stereocenters. The summed E-state index contributed by atoms with van der Waals surface area (Å²) in [4.78, 5) is 21.7. The van der Waals surface area contributed by atoms with Crippen LogP contribution in [0.5, 0.6) is 0 Å². The van der Waals surface area contributed by atoms with Crippen LogP contribution in [0.1, 0.15) is 34.8 Å². The molecule has 2 aromatic rings. The predicted molar refractivity (Wildman–Crippen MR) is 79.9 cm³/mol. The number of rotatable bonds is 1. The maximum absolute atomic E-state index is 11.0. The zero-order valence-corrected chi connectivity index (χ0v) is 11.6. The molecule has 102 valence electrons. The Hall–Kier alpha value is -2.22. The molecule has 0 fully saturated rings. The summed E-state index contributed by atoms with van der Waals surface area (Å²) in [6.45, 7) is 1.56. The van der Waals surface area contributed by atoms with Crippen LogP contribution in [-0.2, 0) is 17.6 Å². The van der Waals surface area contributed by atoms with Crippen molar-refractivity contribution in [1.29, 1.82) is 0 Å². The summed E-state index contributed by atoms with van der Waals surface area (Å²) in [5.74, 6) is 0.499. The monoisotopic (exact) mass is 266 g/mol. The van der Waals surface area contributed by atoms with Crippen LogP contribution in [0.15, 0.2) is 54.6 Å². The van der Waals surface area contributed by atoms with E-state index in [1.54, 1.807) is 6.92 Å². The fourth-order valence-electron chi connectivity index (χ4n) is 2.22. The molecule has 1 aliphatic rings. The number of ketones is 2. The summed E-state index contributed by atoms with van der Waals surface area (Å²) in [6.07, 6.45) is 2.32. The van der Waals surface area contributed by atoms with Crippen LogP contribution >= 0.6 is 0 Å². The number of aryl methyl sites for hydroxylation is 1. The van der Waals surface area contributed by atoms with Gasteiger partial charge in [0, 0.05) is 18.4 Å². The molecular formula is C18H18O2. The van der Waals surface area contributed by atoms with Crippen LogP contribution in [0, 0.1) is 0 Å². The lowest BCUT2D eigenvalue weighted by Crippen LogP contribution is -2.12. The van der Waals surface area contributed by atoms with Crippen LogP contribution in [0.3, 0.4) is 0 Å². The van der Waals surface area contributed by atoms with E-state index in [0.29, 0.717) is 12.2 Å². The molecule has 0 aliphatic heterocycles. The van der Waals surface area contributed by atoms with E-state index in [0.717, 1.165) is 18.4 Å². The summed E-state index contributed by atoms with van der Waals surface area (Å²) in [5, 5.41) is 0. The van der Waals surface area contributed by atoms with Gasteiger partial charge in [-0.1, -0.05) is 54.6 Å². The van der Waals surface area contributed by atoms with Crippen molar-refractivity contribution in [2.75, 3.05) is 0 Å². The van der Waals surface area contributed by atoms with Crippen molar-refractivity contribution >= 4 is 11.6 Å². The Morgan fingerprint density at radius 3 is 2.05 bits per heavy atom. The Kier molecular flexibility index (Phi) is 4.83. The Morgan fingerprint density at radius 2 is 1.45 bits per heavy atom. The topological polar surface area (TPSA) is 34.1 Å². The Balaban J connectivity index is 0.000000151. The van der Waals surface area contributed by atoms with Gasteiger partial charge in [-0.15, -0.1) is 0 Å². The fourth-order valence-corrected chi connectivity index (χ4v) is 2.22. The number of fused-ring (bicyclic) bond motifs is 1. The highest BCUT2D eigenvalue weighted by Gasteiger charge is 2.13. The molecule has 3 rings (SSSR count). The second-order valence-corrected chi connectivity index (χ2v) is 4.91. The van der Waals surface area contributed by atoms with Crippen molar-refractivity contribution in [1.82, 2.24) is 0 Å².